The van der Waals surface area contributed by atoms with E-state index in [4.69, 9.17) is 4.42 Å². The highest BCUT2D eigenvalue weighted by atomic mass is 16.3. The van der Waals surface area contributed by atoms with E-state index >= 15 is 0 Å². The van der Waals surface area contributed by atoms with Gasteiger partial charge in [-0.15, -0.1) is 0 Å². The minimum absolute atomic E-state index is 0.860. The number of aromatic nitrogens is 1. The Morgan fingerprint density at radius 2 is 0.877 bits per heavy atom. The molecule has 0 saturated carbocycles. The molecule has 57 heavy (non-hydrogen) atoms. The SMILES string of the molecule is c1ccc(-c2ccc(N(c3ccccc3-c3ccccc3)c3ccc(-c4ccc(-n5c6ccccc6c6ccccc65)cc4)c4oc5ccccc5c34)cc2)cc1. The number of hydrogen-bond acceptors (Lipinski definition) is 2. The first-order chi connectivity index (χ1) is 28.3. The Morgan fingerprint density at radius 1 is 0.351 bits per heavy atom. The number of fused-ring (bicyclic) bond motifs is 6. The second-order valence-corrected chi connectivity index (χ2v) is 14.5. The molecule has 11 rings (SSSR count). The normalized spacial score (nSPS) is 11.5. The molecule has 0 aliphatic rings. The van der Waals surface area contributed by atoms with Gasteiger partial charge in [-0.3, -0.25) is 0 Å². The van der Waals surface area contributed by atoms with Crippen LogP contribution in [0.5, 0.6) is 0 Å². The quantitative estimate of drug-likeness (QED) is 0.163. The Balaban J connectivity index is 1.11. The summed E-state index contributed by atoms with van der Waals surface area (Å²) < 4.78 is 9.24. The summed E-state index contributed by atoms with van der Waals surface area (Å²) in [6.07, 6.45) is 0. The van der Waals surface area contributed by atoms with E-state index in [1.807, 2.05) is 0 Å². The molecule has 0 fully saturated rings. The van der Waals surface area contributed by atoms with Gasteiger partial charge in [0.15, 0.2) is 0 Å². The Hall–Kier alpha value is -7.62. The summed E-state index contributed by atoms with van der Waals surface area (Å²) in [6, 6.07) is 77.9. The average Bonchev–Trinajstić information content (AvgIpc) is 3.85. The molecule has 0 bridgehead atoms. The minimum atomic E-state index is 0.860. The van der Waals surface area contributed by atoms with Crippen molar-refractivity contribution >= 4 is 60.8 Å². The van der Waals surface area contributed by atoms with Crippen LogP contribution in [0.15, 0.2) is 223 Å². The number of para-hydroxylation sites is 4. The molecule has 2 aromatic heterocycles. The summed E-state index contributed by atoms with van der Waals surface area (Å²) in [4.78, 5) is 2.40. The van der Waals surface area contributed by atoms with Gasteiger partial charge in [0, 0.05) is 38.7 Å². The fourth-order valence-corrected chi connectivity index (χ4v) is 8.59. The minimum Gasteiger partial charge on any atom is -0.455 e. The Morgan fingerprint density at radius 3 is 1.58 bits per heavy atom. The predicted molar refractivity (Wildman–Crippen MR) is 239 cm³/mol. The Bertz CT molecular complexity index is 3160. The van der Waals surface area contributed by atoms with Crippen LogP contribution in [0, 0.1) is 0 Å². The number of rotatable bonds is 7. The molecule has 11 aromatic rings. The molecule has 0 amide bonds. The molecule has 3 nitrogen and oxygen atoms in total. The first-order valence-electron chi connectivity index (χ1n) is 19.4. The molecular formula is C54H36N2O. The average molecular weight is 729 g/mol. The number of furan rings is 1. The monoisotopic (exact) mass is 728 g/mol. The van der Waals surface area contributed by atoms with E-state index in [2.05, 4.69) is 228 Å². The molecule has 0 aliphatic heterocycles. The molecule has 0 N–H and O–H groups in total. The van der Waals surface area contributed by atoms with E-state index in [-0.39, 0.29) is 0 Å². The third-order valence-corrected chi connectivity index (χ3v) is 11.2. The van der Waals surface area contributed by atoms with Crippen LogP contribution in [0.4, 0.5) is 17.1 Å². The van der Waals surface area contributed by atoms with Crippen molar-refractivity contribution in [2.45, 2.75) is 0 Å². The number of anilines is 3. The van der Waals surface area contributed by atoms with Crippen LogP contribution in [0.2, 0.25) is 0 Å². The topological polar surface area (TPSA) is 21.3 Å². The van der Waals surface area contributed by atoms with Gasteiger partial charge in [0.2, 0.25) is 0 Å². The second-order valence-electron chi connectivity index (χ2n) is 14.5. The van der Waals surface area contributed by atoms with Gasteiger partial charge in [-0.2, -0.15) is 0 Å². The molecule has 0 radical (unpaired) electrons. The first kappa shape index (κ1) is 32.8. The molecule has 0 atom stereocenters. The molecule has 0 aliphatic carbocycles. The zero-order valence-electron chi connectivity index (χ0n) is 31.1. The Labute approximate surface area is 330 Å². The van der Waals surface area contributed by atoms with Crippen LogP contribution < -0.4 is 4.90 Å². The third kappa shape index (κ3) is 5.51. The van der Waals surface area contributed by atoms with E-state index in [0.29, 0.717) is 0 Å². The molecule has 9 aromatic carbocycles. The second kappa shape index (κ2) is 13.6. The van der Waals surface area contributed by atoms with Crippen LogP contribution in [0.3, 0.4) is 0 Å². The highest BCUT2D eigenvalue weighted by Crippen LogP contribution is 2.48. The maximum atomic E-state index is 6.88. The lowest BCUT2D eigenvalue weighted by Gasteiger charge is -2.29. The van der Waals surface area contributed by atoms with Gasteiger partial charge in [0.25, 0.3) is 0 Å². The summed E-state index contributed by atoms with van der Waals surface area (Å²) in [5.41, 5.74) is 15.3. The van der Waals surface area contributed by atoms with Crippen LogP contribution >= 0.6 is 0 Å². The lowest BCUT2D eigenvalue weighted by molar-refractivity contribution is 0.670. The van der Waals surface area contributed by atoms with Crippen molar-refractivity contribution in [3.63, 3.8) is 0 Å². The maximum Gasteiger partial charge on any atom is 0.145 e. The summed E-state index contributed by atoms with van der Waals surface area (Å²) in [5, 5.41) is 4.66. The molecule has 2 heterocycles. The summed E-state index contributed by atoms with van der Waals surface area (Å²) >= 11 is 0. The van der Waals surface area contributed by atoms with Crippen LogP contribution in [-0.4, -0.2) is 4.57 Å². The summed E-state index contributed by atoms with van der Waals surface area (Å²) in [7, 11) is 0. The highest BCUT2D eigenvalue weighted by molar-refractivity contribution is 6.17. The van der Waals surface area contributed by atoms with E-state index in [1.165, 1.54) is 32.9 Å². The first-order valence-corrected chi connectivity index (χ1v) is 19.4. The molecule has 0 unspecified atom stereocenters. The Kier molecular flexibility index (Phi) is 7.82. The number of hydrogen-bond donors (Lipinski definition) is 0. The van der Waals surface area contributed by atoms with Crippen molar-refractivity contribution in [2.24, 2.45) is 0 Å². The van der Waals surface area contributed by atoms with Crippen molar-refractivity contribution in [1.82, 2.24) is 4.57 Å². The van der Waals surface area contributed by atoms with Gasteiger partial charge in [-0.25, -0.2) is 0 Å². The van der Waals surface area contributed by atoms with Crippen molar-refractivity contribution in [1.29, 1.82) is 0 Å². The van der Waals surface area contributed by atoms with Crippen molar-refractivity contribution in [3.05, 3.63) is 218 Å². The van der Waals surface area contributed by atoms with Crippen LogP contribution in [0.25, 0.3) is 82.8 Å². The molecular weight excluding hydrogens is 693 g/mol. The molecule has 3 heteroatoms. The van der Waals surface area contributed by atoms with Gasteiger partial charge in [-0.1, -0.05) is 158 Å². The fraction of sp³-hybridized carbons (Fsp3) is 0. The number of nitrogens with zero attached hydrogens (tertiary/aromatic N) is 2. The zero-order chi connectivity index (χ0) is 37.7. The molecule has 0 spiro atoms. The fourth-order valence-electron chi connectivity index (χ4n) is 8.59. The molecule has 0 saturated heterocycles. The van der Waals surface area contributed by atoms with Gasteiger partial charge >= 0.3 is 0 Å². The largest absolute Gasteiger partial charge is 0.455 e. The maximum absolute atomic E-state index is 6.88. The van der Waals surface area contributed by atoms with Crippen LogP contribution in [-0.2, 0) is 0 Å². The van der Waals surface area contributed by atoms with Crippen LogP contribution in [0.1, 0.15) is 0 Å². The van der Waals surface area contributed by atoms with Crippen molar-refractivity contribution < 1.29 is 4.42 Å². The molecule has 268 valence electrons. The van der Waals surface area contributed by atoms with E-state index in [9.17, 15) is 0 Å². The van der Waals surface area contributed by atoms with Gasteiger partial charge in [-0.05, 0) is 82.9 Å². The summed E-state index contributed by atoms with van der Waals surface area (Å²) in [5.74, 6) is 0. The van der Waals surface area contributed by atoms with Gasteiger partial charge in [0.05, 0.1) is 27.8 Å². The van der Waals surface area contributed by atoms with Crippen molar-refractivity contribution in [3.8, 4) is 39.1 Å². The lowest BCUT2D eigenvalue weighted by atomic mass is 9.97. The highest BCUT2D eigenvalue weighted by Gasteiger charge is 2.24. The standard InChI is InChI=1S/C54H36N2O/c1-3-15-37(16-4-1)38-27-31-42(32-28-38)56(48-23-11-7-19-43(48)39-17-5-2-6-18-39)51-36-35-44(54-53(51)47-22-10-14-26-52(47)57-54)40-29-33-41(34-30-40)55-49-24-12-8-20-45(49)46-21-9-13-25-50(46)55/h1-36H. The van der Waals surface area contributed by atoms with E-state index in [0.717, 1.165) is 66.9 Å². The predicted octanol–water partition coefficient (Wildman–Crippen LogP) is 15.2. The van der Waals surface area contributed by atoms with Gasteiger partial charge in [0.1, 0.15) is 11.2 Å². The number of benzene rings is 9. The van der Waals surface area contributed by atoms with Gasteiger partial charge < -0.3 is 13.9 Å². The van der Waals surface area contributed by atoms with E-state index < -0.39 is 0 Å². The summed E-state index contributed by atoms with van der Waals surface area (Å²) in [6.45, 7) is 0. The third-order valence-electron chi connectivity index (χ3n) is 11.2. The lowest BCUT2D eigenvalue weighted by Crippen LogP contribution is -2.11. The van der Waals surface area contributed by atoms with Crippen molar-refractivity contribution in [2.75, 3.05) is 4.90 Å². The smallest absolute Gasteiger partial charge is 0.145 e. The van der Waals surface area contributed by atoms with E-state index in [1.54, 1.807) is 0 Å². The zero-order valence-corrected chi connectivity index (χ0v) is 31.1.